The molecule has 0 bridgehead atoms. The van der Waals surface area contributed by atoms with Crippen molar-refractivity contribution in [2.45, 2.75) is 6.92 Å². The number of anilines is 1. The van der Waals surface area contributed by atoms with E-state index in [1.165, 1.54) is 0 Å². The summed E-state index contributed by atoms with van der Waals surface area (Å²) in [6.07, 6.45) is 0. The van der Waals surface area contributed by atoms with Crippen molar-refractivity contribution < 1.29 is 23.5 Å². The van der Waals surface area contributed by atoms with Crippen LogP contribution < -0.4 is 10.6 Å². The Kier molecular flexibility index (Phi) is 5.37. The molecule has 1 unspecified atom stereocenters. The third kappa shape index (κ3) is 4.63. The number of halogens is 2. The Balaban J connectivity index is 2.56. The first-order valence-electron chi connectivity index (χ1n) is 5.59. The zero-order valence-corrected chi connectivity index (χ0v) is 10.2. The van der Waals surface area contributed by atoms with Gasteiger partial charge in [-0.25, -0.2) is 8.78 Å². The summed E-state index contributed by atoms with van der Waals surface area (Å²) in [6.45, 7) is 1.67. The van der Waals surface area contributed by atoms with Gasteiger partial charge in [-0.05, 0) is 18.1 Å². The van der Waals surface area contributed by atoms with Gasteiger partial charge in [-0.3, -0.25) is 9.59 Å². The molecule has 1 rings (SSSR count). The molecule has 1 aromatic carbocycles. The van der Waals surface area contributed by atoms with Crippen molar-refractivity contribution in [2.24, 2.45) is 5.92 Å². The molecular formula is C12H14F2N2O3. The first-order valence-corrected chi connectivity index (χ1v) is 5.59. The highest BCUT2D eigenvalue weighted by molar-refractivity contribution is 6.39. The summed E-state index contributed by atoms with van der Waals surface area (Å²) >= 11 is 0. The Morgan fingerprint density at radius 2 is 2.00 bits per heavy atom. The van der Waals surface area contributed by atoms with Gasteiger partial charge >= 0.3 is 11.8 Å². The third-order valence-electron chi connectivity index (χ3n) is 2.31. The van der Waals surface area contributed by atoms with E-state index in [0.29, 0.717) is 6.07 Å². The zero-order chi connectivity index (χ0) is 14.4. The van der Waals surface area contributed by atoms with Crippen molar-refractivity contribution in [3.05, 3.63) is 29.8 Å². The van der Waals surface area contributed by atoms with Gasteiger partial charge in [0.25, 0.3) is 0 Å². The minimum absolute atomic E-state index is 0.120. The first-order chi connectivity index (χ1) is 8.93. The van der Waals surface area contributed by atoms with Crippen LogP contribution in [0, 0.1) is 17.6 Å². The van der Waals surface area contributed by atoms with E-state index in [-0.39, 0.29) is 24.8 Å². The molecule has 5 nitrogen and oxygen atoms in total. The minimum Gasteiger partial charge on any atom is -0.396 e. The predicted molar refractivity (Wildman–Crippen MR) is 64.2 cm³/mol. The molecule has 1 aromatic rings. The van der Waals surface area contributed by atoms with Crippen LogP contribution in [0.5, 0.6) is 0 Å². The fraction of sp³-hybridized carbons (Fsp3) is 0.333. The van der Waals surface area contributed by atoms with E-state index < -0.39 is 23.4 Å². The molecule has 0 saturated carbocycles. The van der Waals surface area contributed by atoms with E-state index in [0.717, 1.165) is 12.1 Å². The van der Waals surface area contributed by atoms with Crippen LogP contribution >= 0.6 is 0 Å². The standard InChI is InChI=1S/C12H14F2N2O3/c1-7(6-17)5-15-11(18)12(19)16-10-3-2-8(13)4-9(10)14/h2-4,7,17H,5-6H2,1H3,(H,15,18)(H,16,19). The van der Waals surface area contributed by atoms with E-state index in [1.54, 1.807) is 6.92 Å². The predicted octanol–water partition coefficient (Wildman–Crippen LogP) is 0.648. The van der Waals surface area contributed by atoms with Gasteiger partial charge in [0.05, 0.1) is 5.69 Å². The number of amides is 2. The number of carbonyl (C=O) groups is 2. The van der Waals surface area contributed by atoms with Gasteiger partial charge < -0.3 is 15.7 Å². The summed E-state index contributed by atoms with van der Waals surface area (Å²) in [6, 6.07) is 2.58. The lowest BCUT2D eigenvalue weighted by atomic mass is 10.2. The molecule has 0 aliphatic rings. The number of hydrogen-bond donors (Lipinski definition) is 3. The number of hydrogen-bond acceptors (Lipinski definition) is 3. The van der Waals surface area contributed by atoms with Crippen molar-refractivity contribution in [3.63, 3.8) is 0 Å². The van der Waals surface area contributed by atoms with Crippen molar-refractivity contribution >= 4 is 17.5 Å². The summed E-state index contributed by atoms with van der Waals surface area (Å²) in [7, 11) is 0. The highest BCUT2D eigenvalue weighted by Gasteiger charge is 2.16. The third-order valence-corrected chi connectivity index (χ3v) is 2.31. The van der Waals surface area contributed by atoms with E-state index in [2.05, 4.69) is 5.32 Å². The van der Waals surface area contributed by atoms with Crippen molar-refractivity contribution in [2.75, 3.05) is 18.5 Å². The van der Waals surface area contributed by atoms with Gasteiger partial charge in [0.15, 0.2) is 0 Å². The quantitative estimate of drug-likeness (QED) is 0.704. The summed E-state index contributed by atoms with van der Waals surface area (Å²) in [4.78, 5) is 22.7. The van der Waals surface area contributed by atoms with Crippen molar-refractivity contribution in [1.29, 1.82) is 0 Å². The molecule has 0 aliphatic heterocycles. The fourth-order valence-electron chi connectivity index (χ4n) is 1.18. The number of benzene rings is 1. The van der Waals surface area contributed by atoms with Crippen LogP contribution in [0.25, 0.3) is 0 Å². The Hall–Kier alpha value is -2.02. The van der Waals surface area contributed by atoms with Gasteiger partial charge in [0.1, 0.15) is 11.6 Å². The molecular weight excluding hydrogens is 258 g/mol. The second kappa shape index (κ2) is 6.79. The first kappa shape index (κ1) is 15.0. The molecule has 0 aliphatic carbocycles. The van der Waals surface area contributed by atoms with E-state index >= 15 is 0 Å². The average Bonchev–Trinajstić information content (AvgIpc) is 2.38. The molecule has 7 heteroatoms. The molecule has 104 valence electrons. The van der Waals surface area contributed by atoms with Crippen LogP contribution in [0.3, 0.4) is 0 Å². The fourth-order valence-corrected chi connectivity index (χ4v) is 1.18. The lowest BCUT2D eigenvalue weighted by Gasteiger charge is -2.10. The number of aliphatic hydroxyl groups is 1. The molecule has 0 saturated heterocycles. The Morgan fingerprint density at radius 3 is 2.58 bits per heavy atom. The average molecular weight is 272 g/mol. The Bertz CT molecular complexity index is 480. The highest BCUT2D eigenvalue weighted by atomic mass is 19.1. The number of carbonyl (C=O) groups excluding carboxylic acids is 2. The van der Waals surface area contributed by atoms with Crippen molar-refractivity contribution in [3.8, 4) is 0 Å². The van der Waals surface area contributed by atoms with Gasteiger partial charge in [0.2, 0.25) is 0 Å². The maximum atomic E-state index is 13.2. The van der Waals surface area contributed by atoms with Crippen molar-refractivity contribution in [1.82, 2.24) is 5.32 Å². The van der Waals surface area contributed by atoms with Gasteiger partial charge in [-0.15, -0.1) is 0 Å². The highest BCUT2D eigenvalue weighted by Crippen LogP contribution is 2.14. The molecule has 0 radical (unpaired) electrons. The molecule has 0 aromatic heterocycles. The zero-order valence-electron chi connectivity index (χ0n) is 10.2. The summed E-state index contributed by atoms with van der Waals surface area (Å²) in [5.74, 6) is -3.96. The van der Waals surface area contributed by atoms with Gasteiger partial charge in [-0.1, -0.05) is 6.92 Å². The topological polar surface area (TPSA) is 78.4 Å². The van der Waals surface area contributed by atoms with Crippen LogP contribution in [0.4, 0.5) is 14.5 Å². The van der Waals surface area contributed by atoms with Crippen LogP contribution in [-0.4, -0.2) is 30.1 Å². The molecule has 0 heterocycles. The molecule has 1 atom stereocenters. The van der Waals surface area contributed by atoms with Crippen LogP contribution in [0.1, 0.15) is 6.92 Å². The normalized spacial score (nSPS) is 11.8. The number of rotatable bonds is 4. The number of aliphatic hydroxyl groups excluding tert-OH is 1. The Morgan fingerprint density at radius 1 is 1.32 bits per heavy atom. The largest absolute Gasteiger partial charge is 0.396 e. The van der Waals surface area contributed by atoms with Crippen LogP contribution in [-0.2, 0) is 9.59 Å². The number of nitrogens with one attached hydrogen (secondary N) is 2. The van der Waals surface area contributed by atoms with Crippen LogP contribution in [0.15, 0.2) is 18.2 Å². The maximum Gasteiger partial charge on any atom is 0.313 e. The SMILES string of the molecule is CC(CO)CNC(=O)C(=O)Nc1ccc(F)cc1F. The lowest BCUT2D eigenvalue weighted by molar-refractivity contribution is -0.136. The molecule has 0 fully saturated rings. The summed E-state index contributed by atoms with van der Waals surface area (Å²) < 4.78 is 25.9. The lowest BCUT2D eigenvalue weighted by Crippen LogP contribution is -2.38. The van der Waals surface area contributed by atoms with Crippen LogP contribution in [0.2, 0.25) is 0 Å². The smallest absolute Gasteiger partial charge is 0.313 e. The second-order valence-corrected chi connectivity index (χ2v) is 4.08. The molecule has 0 spiro atoms. The maximum absolute atomic E-state index is 13.2. The monoisotopic (exact) mass is 272 g/mol. The summed E-state index contributed by atoms with van der Waals surface area (Å²) in [5.41, 5.74) is -0.281. The molecule has 3 N–H and O–H groups in total. The van der Waals surface area contributed by atoms with Gasteiger partial charge in [-0.2, -0.15) is 0 Å². The van der Waals surface area contributed by atoms with E-state index in [4.69, 9.17) is 5.11 Å². The second-order valence-electron chi connectivity index (χ2n) is 4.08. The Labute approximate surface area is 108 Å². The van der Waals surface area contributed by atoms with Gasteiger partial charge in [0, 0.05) is 19.2 Å². The molecule has 2 amide bonds. The minimum atomic E-state index is -1.06. The van der Waals surface area contributed by atoms with E-state index in [9.17, 15) is 18.4 Å². The van der Waals surface area contributed by atoms with E-state index in [1.807, 2.05) is 5.32 Å². The molecule has 19 heavy (non-hydrogen) atoms. The summed E-state index contributed by atoms with van der Waals surface area (Å²) in [5, 5.41) is 13.0.